The Morgan fingerprint density at radius 3 is 2.70 bits per heavy atom. The van der Waals surface area contributed by atoms with Crippen LogP contribution in [0.25, 0.3) is 10.8 Å². The Hall–Kier alpha value is -1.48. The van der Waals surface area contributed by atoms with Crippen LogP contribution in [0.3, 0.4) is 0 Å². The molecule has 0 heterocycles. The molecule has 0 radical (unpaired) electrons. The van der Waals surface area contributed by atoms with Crippen molar-refractivity contribution in [2.24, 2.45) is 0 Å². The Balaban J connectivity index is 2.18. The van der Waals surface area contributed by atoms with Gasteiger partial charge in [-0.3, -0.25) is 0 Å². The van der Waals surface area contributed by atoms with Crippen molar-refractivity contribution in [1.82, 2.24) is 4.72 Å². The summed E-state index contributed by atoms with van der Waals surface area (Å²) in [6.07, 6.45) is 5.14. The van der Waals surface area contributed by atoms with Crippen LogP contribution in [0.4, 0.5) is 0 Å². The lowest BCUT2D eigenvalue weighted by Crippen LogP contribution is -2.26. The lowest BCUT2D eigenvalue weighted by molar-refractivity contribution is 0.585. The maximum atomic E-state index is 12.3. The second-order valence-corrected chi connectivity index (χ2v) is 6.97. The molecule has 2 aromatic carbocycles. The number of fused-ring (bicyclic) bond motifs is 1. The predicted octanol–water partition coefficient (Wildman–Crippen LogP) is 2.48. The van der Waals surface area contributed by atoms with E-state index in [1.165, 1.54) is 11.8 Å². The summed E-state index contributed by atoms with van der Waals surface area (Å²) in [5, 5.41) is 1.65. The number of hydrogen-bond acceptors (Lipinski definition) is 3. The van der Waals surface area contributed by atoms with E-state index in [9.17, 15) is 8.42 Å². The second kappa shape index (κ2) is 6.80. The van der Waals surface area contributed by atoms with E-state index < -0.39 is 10.0 Å². The van der Waals surface area contributed by atoms with E-state index in [4.69, 9.17) is 6.42 Å². The number of benzene rings is 2. The highest BCUT2D eigenvalue weighted by atomic mass is 32.2. The standard InChI is InChI=1S/C15H15NO2S2/c1-2-11-19-12-10-16-20(17,18)15-9-5-7-13-6-3-4-8-14(13)15/h1,3-9,16H,10-12H2. The zero-order valence-electron chi connectivity index (χ0n) is 10.9. The molecular weight excluding hydrogens is 290 g/mol. The molecular formula is C15H15NO2S2. The summed E-state index contributed by atoms with van der Waals surface area (Å²) in [5.74, 6) is 3.76. The molecule has 3 nitrogen and oxygen atoms in total. The number of hydrogen-bond donors (Lipinski definition) is 1. The SMILES string of the molecule is C#CCSCCNS(=O)(=O)c1cccc2ccccc12. The third kappa shape index (κ3) is 3.54. The monoisotopic (exact) mass is 305 g/mol. The van der Waals surface area contributed by atoms with Crippen molar-refractivity contribution >= 4 is 32.6 Å². The van der Waals surface area contributed by atoms with Gasteiger partial charge in [0.25, 0.3) is 0 Å². The van der Waals surface area contributed by atoms with Crippen LogP contribution in [0.2, 0.25) is 0 Å². The van der Waals surface area contributed by atoms with E-state index in [0.717, 1.165) is 10.8 Å². The highest BCUT2D eigenvalue weighted by molar-refractivity contribution is 7.99. The lowest BCUT2D eigenvalue weighted by Gasteiger charge is -2.09. The van der Waals surface area contributed by atoms with Crippen molar-refractivity contribution in [1.29, 1.82) is 0 Å². The molecule has 5 heteroatoms. The molecule has 0 fully saturated rings. The Bertz CT molecular complexity index is 728. The number of rotatable bonds is 6. The van der Waals surface area contributed by atoms with Crippen molar-refractivity contribution in [3.63, 3.8) is 0 Å². The summed E-state index contributed by atoms with van der Waals surface area (Å²) in [5.41, 5.74) is 0. The Morgan fingerprint density at radius 2 is 1.90 bits per heavy atom. The quantitative estimate of drug-likeness (QED) is 0.659. The van der Waals surface area contributed by atoms with Gasteiger partial charge in [-0.2, -0.15) is 0 Å². The molecule has 0 saturated carbocycles. The summed E-state index contributed by atoms with van der Waals surface area (Å²) in [6, 6.07) is 12.7. The summed E-state index contributed by atoms with van der Waals surface area (Å²) < 4.78 is 27.2. The fraction of sp³-hybridized carbons (Fsp3) is 0.200. The third-order valence-electron chi connectivity index (χ3n) is 2.76. The van der Waals surface area contributed by atoms with E-state index in [2.05, 4.69) is 10.6 Å². The van der Waals surface area contributed by atoms with Gasteiger partial charge in [0.05, 0.1) is 10.6 Å². The zero-order chi connectivity index (χ0) is 14.4. The highest BCUT2D eigenvalue weighted by Crippen LogP contribution is 2.22. The molecule has 2 rings (SSSR count). The van der Waals surface area contributed by atoms with Crippen LogP contribution in [-0.2, 0) is 10.0 Å². The van der Waals surface area contributed by atoms with E-state index in [1.54, 1.807) is 12.1 Å². The largest absolute Gasteiger partial charge is 0.241 e. The molecule has 0 aliphatic heterocycles. The molecule has 0 bridgehead atoms. The van der Waals surface area contributed by atoms with Gasteiger partial charge in [-0.25, -0.2) is 13.1 Å². The Morgan fingerprint density at radius 1 is 1.15 bits per heavy atom. The van der Waals surface area contributed by atoms with Gasteiger partial charge in [-0.05, 0) is 11.5 Å². The maximum absolute atomic E-state index is 12.3. The molecule has 1 N–H and O–H groups in total. The minimum Gasteiger partial charge on any atom is -0.210 e. The van der Waals surface area contributed by atoms with Crippen LogP contribution < -0.4 is 4.72 Å². The molecule has 2 aromatic rings. The number of sulfonamides is 1. The predicted molar refractivity (Wildman–Crippen MR) is 85.3 cm³/mol. The number of thioether (sulfide) groups is 1. The minimum absolute atomic E-state index is 0.317. The van der Waals surface area contributed by atoms with E-state index in [1.807, 2.05) is 30.3 Å². The van der Waals surface area contributed by atoms with E-state index in [0.29, 0.717) is 22.9 Å². The fourth-order valence-electron chi connectivity index (χ4n) is 1.89. The van der Waals surface area contributed by atoms with Crippen LogP contribution in [0, 0.1) is 12.3 Å². The lowest BCUT2D eigenvalue weighted by atomic mass is 10.1. The third-order valence-corrected chi connectivity index (χ3v) is 5.15. The summed E-state index contributed by atoms with van der Waals surface area (Å²) >= 11 is 1.53. The molecule has 0 aliphatic rings. The normalized spacial score (nSPS) is 11.3. The van der Waals surface area contributed by atoms with Gasteiger partial charge >= 0.3 is 0 Å². The van der Waals surface area contributed by atoms with E-state index in [-0.39, 0.29) is 0 Å². The van der Waals surface area contributed by atoms with Gasteiger partial charge in [-0.15, -0.1) is 18.2 Å². The average Bonchev–Trinajstić information content (AvgIpc) is 2.46. The van der Waals surface area contributed by atoms with Crippen molar-refractivity contribution in [2.45, 2.75) is 4.90 Å². The molecule has 0 unspecified atom stereocenters. The summed E-state index contributed by atoms with van der Waals surface area (Å²) in [7, 11) is -3.49. The van der Waals surface area contributed by atoms with Crippen LogP contribution >= 0.6 is 11.8 Å². The first-order chi connectivity index (χ1) is 9.65. The van der Waals surface area contributed by atoms with Gasteiger partial charge in [0.15, 0.2) is 0 Å². The van der Waals surface area contributed by atoms with Crippen molar-refractivity contribution in [3.8, 4) is 12.3 Å². The first-order valence-corrected chi connectivity index (χ1v) is 8.77. The van der Waals surface area contributed by atoms with Crippen LogP contribution in [0.1, 0.15) is 0 Å². The molecule has 0 amide bonds. The molecule has 0 saturated heterocycles. The molecule has 0 atom stereocenters. The van der Waals surface area contributed by atoms with Gasteiger partial charge < -0.3 is 0 Å². The first kappa shape index (κ1) is 14.9. The first-order valence-electron chi connectivity index (χ1n) is 6.14. The van der Waals surface area contributed by atoms with Gasteiger partial charge in [0.1, 0.15) is 0 Å². The smallest absolute Gasteiger partial charge is 0.210 e. The van der Waals surface area contributed by atoms with Gasteiger partial charge in [-0.1, -0.05) is 42.3 Å². The second-order valence-electron chi connectivity index (χ2n) is 4.13. The van der Waals surface area contributed by atoms with E-state index >= 15 is 0 Å². The van der Waals surface area contributed by atoms with Gasteiger partial charge in [0.2, 0.25) is 10.0 Å². The fourth-order valence-corrected chi connectivity index (χ4v) is 3.78. The molecule has 104 valence electrons. The van der Waals surface area contributed by atoms with Crippen LogP contribution in [-0.4, -0.2) is 26.5 Å². The molecule has 0 spiro atoms. The molecule has 0 aromatic heterocycles. The summed E-state index contributed by atoms with van der Waals surface area (Å²) in [4.78, 5) is 0.317. The van der Waals surface area contributed by atoms with Crippen LogP contribution in [0.15, 0.2) is 47.4 Å². The van der Waals surface area contributed by atoms with Crippen molar-refractivity contribution in [3.05, 3.63) is 42.5 Å². The average molecular weight is 305 g/mol. The topological polar surface area (TPSA) is 46.2 Å². The highest BCUT2D eigenvalue weighted by Gasteiger charge is 2.16. The molecule has 20 heavy (non-hydrogen) atoms. The zero-order valence-corrected chi connectivity index (χ0v) is 12.5. The van der Waals surface area contributed by atoms with Gasteiger partial charge in [0, 0.05) is 17.7 Å². The van der Waals surface area contributed by atoms with Crippen molar-refractivity contribution < 1.29 is 8.42 Å². The van der Waals surface area contributed by atoms with Crippen LogP contribution in [0.5, 0.6) is 0 Å². The Labute approximate surface area is 123 Å². The number of terminal acetylenes is 1. The minimum atomic E-state index is -3.49. The van der Waals surface area contributed by atoms with Crippen molar-refractivity contribution in [2.75, 3.05) is 18.1 Å². The molecule has 0 aliphatic carbocycles. The summed E-state index contributed by atoms with van der Waals surface area (Å²) in [6.45, 7) is 0.373. The number of nitrogens with one attached hydrogen (secondary N) is 1. The Kier molecular flexibility index (Phi) is 5.07. The maximum Gasteiger partial charge on any atom is 0.241 e.